The Hall–Kier alpha value is -2.89. The van der Waals surface area contributed by atoms with Crippen molar-refractivity contribution in [3.63, 3.8) is 0 Å². The second-order valence-corrected chi connectivity index (χ2v) is 19.2. The Morgan fingerprint density at radius 2 is 0.612 bits per heavy atom. The number of allylic oxidation sites excluding steroid dienone is 10. The molecule has 0 aliphatic rings. The maximum Gasteiger partial charge on any atom is 0.306 e. The topological polar surface area (TPSA) is 78.9 Å². The van der Waals surface area contributed by atoms with Crippen molar-refractivity contribution in [3.05, 3.63) is 60.8 Å². The zero-order chi connectivity index (χ0) is 48.6. The van der Waals surface area contributed by atoms with Crippen LogP contribution in [-0.2, 0) is 28.6 Å². The van der Waals surface area contributed by atoms with Crippen molar-refractivity contribution in [1.29, 1.82) is 0 Å². The van der Waals surface area contributed by atoms with Gasteiger partial charge in [0.1, 0.15) is 13.2 Å². The molecule has 1 atom stereocenters. The summed E-state index contributed by atoms with van der Waals surface area (Å²) in [6, 6.07) is 0. The van der Waals surface area contributed by atoms with Crippen molar-refractivity contribution in [2.24, 2.45) is 0 Å². The first-order chi connectivity index (χ1) is 33.0. The summed E-state index contributed by atoms with van der Waals surface area (Å²) in [6.07, 6.45) is 69.6. The maximum absolute atomic E-state index is 12.8. The van der Waals surface area contributed by atoms with Gasteiger partial charge in [0.2, 0.25) is 0 Å². The molecule has 0 bridgehead atoms. The molecule has 0 aromatic rings. The molecule has 0 spiro atoms. The minimum Gasteiger partial charge on any atom is -0.462 e. The van der Waals surface area contributed by atoms with Gasteiger partial charge < -0.3 is 14.2 Å². The molecule has 0 rings (SSSR count). The fourth-order valence-electron chi connectivity index (χ4n) is 8.22. The number of unbranched alkanes of at least 4 members (excludes halogenated alkanes) is 31. The molecule has 67 heavy (non-hydrogen) atoms. The van der Waals surface area contributed by atoms with E-state index in [4.69, 9.17) is 14.2 Å². The van der Waals surface area contributed by atoms with Crippen LogP contribution >= 0.6 is 0 Å². The SMILES string of the molecule is CC/C=C\C/C=C\C/C=C\C/C=C\CCC(=O)OC(COC(=O)CCCCCCCCCCCCC)COC(=O)CCCCCCCCCCCCCCC/C=C\CCCCCCCCCC. The lowest BCUT2D eigenvalue weighted by molar-refractivity contribution is -0.166. The Morgan fingerprint density at radius 3 is 0.970 bits per heavy atom. The Morgan fingerprint density at radius 1 is 0.313 bits per heavy atom. The molecule has 0 aliphatic heterocycles. The molecular formula is C61H108O6. The zero-order valence-electron chi connectivity index (χ0n) is 44.4. The zero-order valence-corrected chi connectivity index (χ0v) is 44.4. The molecule has 0 amide bonds. The van der Waals surface area contributed by atoms with Gasteiger partial charge in [-0.3, -0.25) is 14.4 Å². The number of esters is 3. The molecule has 0 heterocycles. The molecule has 0 fully saturated rings. The second-order valence-electron chi connectivity index (χ2n) is 19.2. The van der Waals surface area contributed by atoms with Gasteiger partial charge in [-0.05, 0) is 70.6 Å². The first kappa shape index (κ1) is 64.1. The van der Waals surface area contributed by atoms with Crippen LogP contribution in [0.2, 0.25) is 0 Å². The van der Waals surface area contributed by atoms with E-state index in [9.17, 15) is 14.4 Å². The highest BCUT2D eigenvalue weighted by molar-refractivity contribution is 5.71. The smallest absolute Gasteiger partial charge is 0.306 e. The first-order valence-corrected chi connectivity index (χ1v) is 28.8. The standard InChI is InChI=1S/C61H108O6/c1-4-7-10-13-16-19-22-24-25-26-27-28-29-30-31-32-33-34-35-37-39-42-45-48-51-54-60(63)66-57-58(56-65-59(62)53-50-47-44-41-38-21-18-15-12-9-6-3)67-61(64)55-52-49-46-43-40-36-23-20-17-14-11-8-5-2/h8,11,17,20,26-27,36,40,46,49,58H,4-7,9-10,12-16,18-19,21-25,28-35,37-39,41-45,47-48,50-57H2,1-3H3/b11-8-,20-17-,27-26-,40-36-,49-46-. The Kier molecular flexibility index (Phi) is 53.3. The van der Waals surface area contributed by atoms with E-state index >= 15 is 0 Å². The molecule has 0 aromatic carbocycles. The second kappa shape index (κ2) is 55.7. The van der Waals surface area contributed by atoms with Crippen LogP contribution in [0, 0.1) is 0 Å². The summed E-state index contributed by atoms with van der Waals surface area (Å²) in [7, 11) is 0. The summed E-state index contributed by atoms with van der Waals surface area (Å²) in [5, 5.41) is 0. The highest BCUT2D eigenvalue weighted by atomic mass is 16.6. The fourth-order valence-corrected chi connectivity index (χ4v) is 8.22. The molecule has 1 unspecified atom stereocenters. The van der Waals surface area contributed by atoms with Crippen molar-refractivity contribution in [3.8, 4) is 0 Å². The fraction of sp³-hybridized carbons (Fsp3) is 0.787. The van der Waals surface area contributed by atoms with Crippen LogP contribution in [0.25, 0.3) is 0 Å². The third kappa shape index (κ3) is 53.9. The molecule has 0 N–H and O–H groups in total. The van der Waals surface area contributed by atoms with E-state index in [1.165, 1.54) is 180 Å². The lowest BCUT2D eigenvalue weighted by atomic mass is 10.0. The van der Waals surface area contributed by atoms with Crippen LogP contribution < -0.4 is 0 Å². The van der Waals surface area contributed by atoms with Crippen molar-refractivity contribution >= 4 is 17.9 Å². The van der Waals surface area contributed by atoms with Gasteiger partial charge in [-0.15, -0.1) is 0 Å². The number of ether oxygens (including phenoxy) is 3. The lowest BCUT2D eigenvalue weighted by Crippen LogP contribution is -2.30. The van der Waals surface area contributed by atoms with E-state index in [0.29, 0.717) is 19.3 Å². The molecule has 0 aliphatic carbocycles. The minimum absolute atomic E-state index is 0.100. The number of rotatable bonds is 52. The number of carbonyl (C=O) groups excluding carboxylic acids is 3. The summed E-state index contributed by atoms with van der Waals surface area (Å²) < 4.78 is 16.7. The normalized spacial score (nSPS) is 12.5. The third-order valence-corrected chi connectivity index (χ3v) is 12.5. The first-order valence-electron chi connectivity index (χ1n) is 28.8. The summed E-state index contributed by atoms with van der Waals surface area (Å²) in [5.74, 6) is -0.974. The van der Waals surface area contributed by atoms with Crippen molar-refractivity contribution in [2.45, 2.75) is 297 Å². The van der Waals surface area contributed by atoms with Gasteiger partial charge in [0.25, 0.3) is 0 Å². The maximum atomic E-state index is 12.8. The van der Waals surface area contributed by atoms with E-state index in [1.807, 2.05) is 6.08 Å². The van der Waals surface area contributed by atoms with Gasteiger partial charge in [-0.2, -0.15) is 0 Å². The third-order valence-electron chi connectivity index (χ3n) is 12.5. The van der Waals surface area contributed by atoms with Crippen molar-refractivity contribution in [2.75, 3.05) is 13.2 Å². The summed E-state index contributed by atoms with van der Waals surface area (Å²) >= 11 is 0. The molecular weight excluding hydrogens is 829 g/mol. The molecule has 388 valence electrons. The molecule has 6 heteroatoms. The van der Waals surface area contributed by atoms with E-state index in [1.54, 1.807) is 0 Å². The predicted octanol–water partition coefficient (Wildman–Crippen LogP) is 19.2. The van der Waals surface area contributed by atoms with Gasteiger partial charge >= 0.3 is 17.9 Å². The lowest BCUT2D eigenvalue weighted by Gasteiger charge is -2.18. The van der Waals surface area contributed by atoms with Crippen molar-refractivity contribution in [1.82, 2.24) is 0 Å². The van der Waals surface area contributed by atoms with Crippen LogP contribution in [0.3, 0.4) is 0 Å². The van der Waals surface area contributed by atoms with Gasteiger partial charge in [0.15, 0.2) is 6.10 Å². The minimum atomic E-state index is -0.809. The number of hydrogen-bond donors (Lipinski definition) is 0. The molecule has 0 saturated heterocycles. The molecule has 0 saturated carbocycles. The van der Waals surface area contributed by atoms with Crippen LogP contribution in [0.1, 0.15) is 290 Å². The average Bonchev–Trinajstić information content (AvgIpc) is 3.33. The van der Waals surface area contributed by atoms with Crippen LogP contribution in [0.5, 0.6) is 0 Å². The summed E-state index contributed by atoms with van der Waals surface area (Å²) in [4.78, 5) is 38.0. The monoisotopic (exact) mass is 937 g/mol. The van der Waals surface area contributed by atoms with E-state index in [-0.39, 0.29) is 37.5 Å². The largest absolute Gasteiger partial charge is 0.462 e. The highest BCUT2D eigenvalue weighted by Crippen LogP contribution is 2.16. The number of hydrogen-bond acceptors (Lipinski definition) is 6. The quantitative estimate of drug-likeness (QED) is 0.0262. The molecule has 6 nitrogen and oxygen atoms in total. The Labute approximate surface area is 415 Å². The molecule has 0 radical (unpaired) electrons. The number of carbonyl (C=O) groups is 3. The van der Waals surface area contributed by atoms with Gasteiger partial charge in [0.05, 0.1) is 0 Å². The van der Waals surface area contributed by atoms with E-state index in [2.05, 4.69) is 75.5 Å². The van der Waals surface area contributed by atoms with Crippen LogP contribution in [0.15, 0.2) is 60.8 Å². The Balaban J connectivity index is 4.24. The average molecular weight is 938 g/mol. The van der Waals surface area contributed by atoms with Crippen LogP contribution in [-0.4, -0.2) is 37.2 Å². The van der Waals surface area contributed by atoms with Crippen molar-refractivity contribution < 1.29 is 28.6 Å². The van der Waals surface area contributed by atoms with Gasteiger partial charge in [-0.1, -0.05) is 261 Å². The molecule has 0 aromatic heterocycles. The van der Waals surface area contributed by atoms with E-state index < -0.39 is 6.10 Å². The highest BCUT2D eigenvalue weighted by Gasteiger charge is 2.19. The predicted molar refractivity (Wildman–Crippen MR) is 288 cm³/mol. The van der Waals surface area contributed by atoms with E-state index in [0.717, 1.165) is 64.2 Å². The Bertz CT molecular complexity index is 1210. The summed E-state index contributed by atoms with van der Waals surface area (Å²) in [6.45, 7) is 6.48. The van der Waals surface area contributed by atoms with Gasteiger partial charge in [-0.25, -0.2) is 0 Å². The summed E-state index contributed by atoms with van der Waals surface area (Å²) in [5.41, 5.74) is 0. The van der Waals surface area contributed by atoms with Gasteiger partial charge in [0, 0.05) is 19.3 Å². The van der Waals surface area contributed by atoms with Crippen LogP contribution in [0.4, 0.5) is 0 Å².